The smallest absolute Gasteiger partial charge is 0.438 e. The van der Waals surface area contributed by atoms with E-state index in [2.05, 4.69) is 5.10 Å². The van der Waals surface area contributed by atoms with E-state index >= 15 is 0 Å². The summed E-state index contributed by atoms with van der Waals surface area (Å²) in [7, 11) is 0. The Labute approximate surface area is 158 Å². The first-order valence-corrected chi connectivity index (χ1v) is 7.82. The van der Waals surface area contributed by atoms with Crippen LogP contribution in [0.4, 0.5) is 26.3 Å². The van der Waals surface area contributed by atoms with Crippen LogP contribution in [-0.2, 0) is 4.79 Å². The molecule has 0 saturated carbocycles. The molecule has 0 unspecified atom stereocenters. The Morgan fingerprint density at radius 2 is 1.89 bits per heavy atom. The molecule has 1 aromatic rings. The molecule has 27 heavy (non-hydrogen) atoms. The van der Waals surface area contributed by atoms with Gasteiger partial charge in [0.1, 0.15) is 11.5 Å². The Morgan fingerprint density at radius 3 is 2.37 bits per heavy atom. The zero-order chi connectivity index (χ0) is 20.8. The van der Waals surface area contributed by atoms with Gasteiger partial charge >= 0.3 is 12.4 Å². The molecule has 150 valence electrons. The van der Waals surface area contributed by atoms with Gasteiger partial charge in [0.05, 0.1) is 11.4 Å². The molecule has 0 bridgehead atoms. The van der Waals surface area contributed by atoms with E-state index in [9.17, 15) is 36.2 Å². The summed E-state index contributed by atoms with van der Waals surface area (Å²) in [6.45, 7) is 0.963. The average molecular weight is 439 g/mol. The van der Waals surface area contributed by atoms with E-state index in [-0.39, 0.29) is 15.8 Å². The predicted octanol–water partition coefficient (Wildman–Crippen LogP) is 4.16. The molecule has 0 fully saturated rings. The molecule has 1 heterocycles. The summed E-state index contributed by atoms with van der Waals surface area (Å²) in [6, 6.07) is 3.73. The molecule has 1 aliphatic rings. The third-order valence-corrected chi connectivity index (χ3v) is 4.05. The van der Waals surface area contributed by atoms with Crippen LogP contribution < -0.4 is 4.74 Å². The van der Waals surface area contributed by atoms with Gasteiger partial charge < -0.3 is 9.84 Å². The molecule has 0 aliphatic carbocycles. The number of aliphatic hydroxyl groups is 1. The lowest BCUT2D eigenvalue weighted by Gasteiger charge is -2.33. The summed E-state index contributed by atoms with van der Waals surface area (Å²) in [4.78, 5) is 12.3. The Kier molecular flexibility index (Phi) is 5.61. The second-order valence-electron chi connectivity index (χ2n) is 5.52. The van der Waals surface area contributed by atoms with Crippen molar-refractivity contribution in [2.75, 3.05) is 0 Å². The molecule has 2 atom stereocenters. The minimum atomic E-state index is -5.60. The van der Waals surface area contributed by atoms with Gasteiger partial charge in [-0.2, -0.15) is 36.5 Å². The fourth-order valence-corrected chi connectivity index (χ4v) is 2.59. The van der Waals surface area contributed by atoms with Gasteiger partial charge in [0.2, 0.25) is 0 Å². The highest BCUT2D eigenvalue weighted by molar-refractivity contribution is 6.35. The van der Waals surface area contributed by atoms with E-state index in [1.54, 1.807) is 0 Å². The van der Waals surface area contributed by atoms with Crippen molar-refractivity contribution in [3.63, 3.8) is 0 Å². The minimum Gasteiger partial charge on any atom is -0.479 e. The molecule has 1 amide bonds. The summed E-state index contributed by atoms with van der Waals surface area (Å²) >= 11 is 11.5. The van der Waals surface area contributed by atoms with Crippen molar-refractivity contribution in [1.82, 2.24) is 5.01 Å². The van der Waals surface area contributed by atoms with Crippen molar-refractivity contribution in [3.05, 3.63) is 28.2 Å². The van der Waals surface area contributed by atoms with Crippen LogP contribution in [0.3, 0.4) is 0 Å². The van der Waals surface area contributed by atoms with Crippen LogP contribution in [0.5, 0.6) is 5.75 Å². The molecule has 5 nitrogen and oxygen atoms in total. The summed E-state index contributed by atoms with van der Waals surface area (Å²) in [5.74, 6) is -1.81. The monoisotopic (exact) mass is 438 g/mol. The highest BCUT2D eigenvalue weighted by atomic mass is 35.5. The number of halogens is 8. The molecule has 0 aromatic heterocycles. The van der Waals surface area contributed by atoms with Crippen LogP contribution in [0, 0.1) is 0 Å². The van der Waals surface area contributed by atoms with Crippen molar-refractivity contribution >= 4 is 34.8 Å². The van der Waals surface area contributed by atoms with E-state index in [0.29, 0.717) is 0 Å². The van der Waals surface area contributed by atoms with Gasteiger partial charge in [-0.3, -0.25) is 4.79 Å². The van der Waals surface area contributed by atoms with Crippen LogP contribution in [0.25, 0.3) is 0 Å². The van der Waals surface area contributed by atoms with Crippen LogP contribution >= 0.6 is 23.2 Å². The first-order valence-electron chi connectivity index (χ1n) is 7.06. The number of hydrogen-bond acceptors (Lipinski definition) is 4. The molecular formula is C14H10Cl2F6N2O3. The van der Waals surface area contributed by atoms with Gasteiger partial charge in [0, 0.05) is 5.02 Å². The Morgan fingerprint density at radius 1 is 1.30 bits per heavy atom. The summed E-state index contributed by atoms with van der Waals surface area (Å²) in [5.41, 5.74) is -6.11. The number of amides is 1. The van der Waals surface area contributed by atoms with Crippen molar-refractivity contribution in [3.8, 4) is 5.75 Å². The second-order valence-corrected chi connectivity index (χ2v) is 6.36. The Balaban J connectivity index is 2.33. The van der Waals surface area contributed by atoms with Gasteiger partial charge in [-0.25, -0.2) is 0 Å². The Hall–Kier alpha value is -1.72. The van der Waals surface area contributed by atoms with Crippen molar-refractivity contribution in [2.45, 2.75) is 37.5 Å². The third-order valence-electron chi connectivity index (χ3n) is 3.52. The molecule has 0 saturated heterocycles. The fourth-order valence-electron chi connectivity index (χ4n) is 2.14. The summed E-state index contributed by atoms with van der Waals surface area (Å²) in [5, 5.41) is 11.9. The first-order chi connectivity index (χ1) is 12.2. The molecular weight excluding hydrogens is 429 g/mol. The number of carbonyl (C=O) groups is 1. The van der Waals surface area contributed by atoms with E-state index < -0.39 is 47.2 Å². The van der Waals surface area contributed by atoms with Gasteiger partial charge in [-0.05, 0) is 25.1 Å². The topological polar surface area (TPSA) is 62.1 Å². The van der Waals surface area contributed by atoms with Crippen LogP contribution in [-0.4, -0.2) is 45.9 Å². The predicted molar refractivity (Wildman–Crippen MR) is 82.5 cm³/mol. The number of hydrazone groups is 1. The number of ether oxygens (including phenoxy) is 1. The number of alkyl halides is 6. The largest absolute Gasteiger partial charge is 0.479 e. The van der Waals surface area contributed by atoms with E-state index in [4.69, 9.17) is 27.9 Å². The number of benzene rings is 1. The third kappa shape index (κ3) is 4.25. The maximum atomic E-state index is 13.2. The lowest BCUT2D eigenvalue weighted by molar-refractivity contribution is -0.303. The molecule has 0 spiro atoms. The SMILES string of the molecule is C[C@H](Oc1ccc(Cl)cc1Cl)C(=O)N1N=C(C(F)(F)F)C[C@]1(O)C(F)(F)F. The van der Waals surface area contributed by atoms with E-state index in [1.165, 1.54) is 18.2 Å². The zero-order valence-corrected chi connectivity index (χ0v) is 14.7. The van der Waals surface area contributed by atoms with Crippen molar-refractivity contribution in [2.24, 2.45) is 5.10 Å². The zero-order valence-electron chi connectivity index (χ0n) is 13.2. The van der Waals surface area contributed by atoms with E-state index in [1.807, 2.05) is 0 Å². The number of rotatable bonds is 3. The van der Waals surface area contributed by atoms with Crippen molar-refractivity contribution < 1.29 is 41.0 Å². The van der Waals surface area contributed by atoms with Gasteiger partial charge in [-0.15, -0.1) is 0 Å². The normalized spacial score (nSPS) is 21.9. The first kappa shape index (κ1) is 21.6. The van der Waals surface area contributed by atoms with Crippen LogP contribution in [0.2, 0.25) is 10.0 Å². The number of carbonyl (C=O) groups excluding carboxylic acids is 1. The molecule has 0 radical (unpaired) electrons. The fraction of sp³-hybridized carbons (Fsp3) is 0.429. The number of hydrogen-bond donors (Lipinski definition) is 1. The Bertz CT molecular complexity index is 783. The highest BCUT2D eigenvalue weighted by Gasteiger charge is 2.66. The lowest BCUT2D eigenvalue weighted by atomic mass is 10.1. The van der Waals surface area contributed by atoms with Crippen LogP contribution in [0.15, 0.2) is 23.3 Å². The minimum absolute atomic E-state index is 0.0888. The molecule has 1 aromatic carbocycles. The summed E-state index contributed by atoms with van der Waals surface area (Å²) in [6.07, 6.45) is -14.6. The molecule has 2 rings (SSSR count). The maximum Gasteiger partial charge on any atom is 0.438 e. The highest BCUT2D eigenvalue weighted by Crippen LogP contribution is 2.43. The number of nitrogens with zero attached hydrogens (tertiary/aromatic N) is 2. The summed E-state index contributed by atoms with van der Waals surface area (Å²) < 4.78 is 82.8. The van der Waals surface area contributed by atoms with Gasteiger partial charge in [-0.1, -0.05) is 23.2 Å². The van der Waals surface area contributed by atoms with Gasteiger partial charge in [0.25, 0.3) is 11.6 Å². The quantitative estimate of drug-likeness (QED) is 0.720. The standard InChI is InChI=1S/C14H10Cl2F6N2O3/c1-6(27-9-3-2-7(15)4-8(9)16)11(25)24-12(26,14(20,21)22)5-10(23-24)13(17,18)19/h2-4,6,26H,5H2,1H3/t6-,12-/m0/s1. The van der Waals surface area contributed by atoms with Gasteiger partial charge in [0.15, 0.2) is 6.10 Å². The second kappa shape index (κ2) is 7.02. The maximum absolute atomic E-state index is 13.2. The van der Waals surface area contributed by atoms with Crippen molar-refractivity contribution in [1.29, 1.82) is 0 Å². The molecule has 1 aliphatic heterocycles. The molecule has 13 heteroatoms. The molecule has 1 N–H and O–H groups in total. The van der Waals surface area contributed by atoms with E-state index in [0.717, 1.165) is 6.92 Å². The van der Waals surface area contributed by atoms with Crippen LogP contribution in [0.1, 0.15) is 13.3 Å². The average Bonchev–Trinajstić information content (AvgIpc) is 2.88. The lowest BCUT2D eigenvalue weighted by Crippen LogP contribution is -2.59.